The predicted molar refractivity (Wildman–Crippen MR) is 120 cm³/mol. The average molecular weight is 421 g/mol. The van der Waals surface area contributed by atoms with Crippen LogP contribution in [0.5, 0.6) is 5.75 Å². The van der Waals surface area contributed by atoms with E-state index in [-0.39, 0.29) is 6.10 Å². The zero-order chi connectivity index (χ0) is 20.5. The van der Waals surface area contributed by atoms with Crippen molar-refractivity contribution in [1.82, 2.24) is 19.9 Å². The van der Waals surface area contributed by atoms with Crippen LogP contribution < -0.4 is 4.74 Å². The van der Waals surface area contributed by atoms with Gasteiger partial charge in [0.2, 0.25) is 0 Å². The van der Waals surface area contributed by atoms with E-state index >= 15 is 0 Å². The van der Waals surface area contributed by atoms with Gasteiger partial charge in [-0.3, -0.25) is 4.98 Å². The molecule has 0 saturated heterocycles. The quantitative estimate of drug-likeness (QED) is 0.412. The van der Waals surface area contributed by atoms with Crippen molar-refractivity contribution in [2.45, 2.75) is 51.0 Å². The molecule has 0 amide bonds. The highest BCUT2D eigenvalue weighted by atomic mass is 35.5. The van der Waals surface area contributed by atoms with Crippen LogP contribution in [0.3, 0.4) is 0 Å². The van der Waals surface area contributed by atoms with E-state index in [4.69, 9.17) is 21.3 Å². The molecular weight excluding hydrogens is 396 g/mol. The first-order chi connectivity index (χ1) is 14.7. The average Bonchev–Trinajstić information content (AvgIpc) is 3.18. The summed E-state index contributed by atoms with van der Waals surface area (Å²) in [5, 5.41) is 1.72. The molecule has 1 saturated carbocycles. The van der Waals surface area contributed by atoms with E-state index in [1.54, 1.807) is 6.20 Å². The Labute approximate surface area is 180 Å². The molecule has 1 unspecified atom stereocenters. The maximum Gasteiger partial charge on any atom is 0.177 e. The van der Waals surface area contributed by atoms with Crippen LogP contribution in [0.15, 0.2) is 48.8 Å². The number of nitrogens with zero attached hydrogens (tertiary/aromatic N) is 3. The molecule has 1 aliphatic rings. The molecule has 0 bridgehead atoms. The molecular formula is C24H25ClN4O. The number of aromatic nitrogens is 4. The number of hydrogen-bond acceptors (Lipinski definition) is 4. The van der Waals surface area contributed by atoms with Gasteiger partial charge in [-0.25, -0.2) is 9.97 Å². The second-order valence-corrected chi connectivity index (χ2v) is 8.58. The molecule has 0 radical (unpaired) electrons. The van der Waals surface area contributed by atoms with Crippen molar-refractivity contribution in [3.8, 4) is 5.75 Å². The van der Waals surface area contributed by atoms with Crippen LogP contribution in [0.1, 0.15) is 50.8 Å². The van der Waals surface area contributed by atoms with Gasteiger partial charge in [0.1, 0.15) is 11.6 Å². The lowest BCUT2D eigenvalue weighted by Gasteiger charge is -2.33. The van der Waals surface area contributed by atoms with Gasteiger partial charge in [-0.15, -0.1) is 0 Å². The molecule has 5 rings (SSSR count). The summed E-state index contributed by atoms with van der Waals surface area (Å²) in [5.41, 5.74) is 2.64. The summed E-state index contributed by atoms with van der Waals surface area (Å²) in [6, 6.07) is 12.0. The molecule has 0 spiro atoms. The zero-order valence-electron chi connectivity index (χ0n) is 17.0. The molecule has 3 aromatic heterocycles. The van der Waals surface area contributed by atoms with E-state index in [2.05, 4.69) is 27.9 Å². The Kier molecular flexibility index (Phi) is 5.30. The highest BCUT2D eigenvalue weighted by molar-refractivity contribution is 6.31. The minimum absolute atomic E-state index is 0.251. The van der Waals surface area contributed by atoms with Crippen molar-refractivity contribution in [1.29, 1.82) is 0 Å². The van der Waals surface area contributed by atoms with Crippen LogP contribution in [0, 0.1) is 5.92 Å². The fraction of sp³-hybridized carbons (Fsp3) is 0.375. The summed E-state index contributed by atoms with van der Waals surface area (Å²) in [4.78, 5) is 17.0. The zero-order valence-corrected chi connectivity index (χ0v) is 17.8. The fourth-order valence-corrected chi connectivity index (χ4v) is 4.94. The van der Waals surface area contributed by atoms with Crippen molar-refractivity contribution < 1.29 is 4.74 Å². The Morgan fingerprint density at radius 2 is 1.97 bits per heavy atom. The molecule has 1 atom stereocenters. The molecule has 30 heavy (non-hydrogen) atoms. The van der Waals surface area contributed by atoms with E-state index in [0.717, 1.165) is 65.7 Å². The second kappa shape index (κ2) is 8.23. The first-order valence-corrected chi connectivity index (χ1v) is 11.1. The molecule has 5 nitrogen and oxygen atoms in total. The van der Waals surface area contributed by atoms with Crippen molar-refractivity contribution in [3.05, 3.63) is 59.6 Å². The van der Waals surface area contributed by atoms with Crippen LogP contribution in [-0.2, 0) is 0 Å². The molecule has 154 valence electrons. The van der Waals surface area contributed by atoms with Crippen LogP contribution in [-0.4, -0.2) is 26.0 Å². The van der Waals surface area contributed by atoms with Gasteiger partial charge in [-0.2, -0.15) is 0 Å². The fourth-order valence-electron chi connectivity index (χ4n) is 4.78. The van der Waals surface area contributed by atoms with Gasteiger partial charge < -0.3 is 9.72 Å². The molecule has 1 fully saturated rings. The van der Waals surface area contributed by atoms with E-state index in [0.29, 0.717) is 16.9 Å². The highest BCUT2D eigenvalue weighted by Gasteiger charge is 2.30. The molecule has 4 aromatic rings. The van der Waals surface area contributed by atoms with Gasteiger partial charge in [0.25, 0.3) is 0 Å². The van der Waals surface area contributed by atoms with E-state index in [1.807, 2.05) is 36.5 Å². The third-order valence-electron chi connectivity index (χ3n) is 6.30. The molecule has 1 aromatic carbocycles. The number of imidazole rings is 1. The topological polar surface area (TPSA) is 63.7 Å². The number of rotatable bonds is 5. The maximum absolute atomic E-state index is 6.41. The minimum atomic E-state index is 0.251. The van der Waals surface area contributed by atoms with Gasteiger partial charge in [0.05, 0.1) is 22.2 Å². The van der Waals surface area contributed by atoms with E-state index < -0.39 is 0 Å². The van der Waals surface area contributed by atoms with Gasteiger partial charge in [0, 0.05) is 23.7 Å². The van der Waals surface area contributed by atoms with Crippen molar-refractivity contribution in [2.75, 3.05) is 0 Å². The number of benzene rings is 1. The second-order valence-electron chi connectivity index (χ2n) is 8.14. The summed E-state index contributed by atoms with van der Waals surface area (Å²) in [6.45, 7) is 2.24. The number of aromatic amines is 1. The van der Waals surface area contributed by atoms with Gasteiger partial charge in [-0.1, -0.05) is 30.7 Å². The largest absolute Gasteiger partial charge is 0.490 e. The summed E-state index contributed by atoms with van der Waals surface area (Å²) in [5.74, 6) is 2.98. The number of ether oxygens (including phenoxy) is 1. The number of H-pyrrole nitrogens is 1. The molecule has 6 heteroatoms. The maximum atomic E-state index is 6.41. The number of hydrogen-bond donors (Lipinski definition) is 1. The molecule has 1 aliphatic carbocycles. The summed E-state index contributed by atoms with van der Waals surface area (Å²) in [7, 11) is 0. The monoisotopic (exact) mass is 420 g/mol. The highest BCUT2D eigenvalue weighted by Crippen LogP contribution is 2.39. The SMILES string of the molecule is CCC(c1nc2ncc(Cl)cc2[nH]1)C1CCC(Oc2ccnc3ccccc23)CC1. The molecule has 1 N–H and O–H groups in total. The molecule has 0 aliphatic heterocycles. The van der Waals surface area contributed by atoms with Gasteiger partial charge in [-0.05, 0) is 62.3 Å². The third kappa shape index (κ3) is 3.74. The lowest BCUT2D eigenvalue weighted by molar-refractivity contribution is 0.122. The molecule has 3 heterocycles. The number of pyridine rings is 2. The van der Waals surface area contributed by atoms with Gasteiger partial charge >= 0.3 is 0 Å². The first-order valence-electron chi connectivity index (χ1n) is 10.7. The van der Waals surface area contributed by atoms with Crippen LogP contribution in [0.2, 0.25) is 5.02 Å². The van der Waals surface area contributed by atoms with E-state index in [1.165, 1.54) is 0 Å². The minimum Gasteiger partial charge on any atom is -0.490 e. The Morgan fingerprint density at radius 1 is 1.13 bits per heavy atom. The third-order valence-corrected chi connectivity index (χ3v) is 6.51. The number of nitrogens with one attached hydrogen (secondary N) is 1. The van der Waals surface area contributed by atoms with E-state index in [9.17, 15) is 0 Å². The van der Waals surface area contributed by atoms with Crippen molar-refractivity contribution in [2.24, 2.45) is 5.92 Å². The summed E-state index contributed by atoms with van der Waals surface area (Å²) < 4.78 is 6.41. The standard InChI is InChI=1S/C24H25ClN4O/c1-2-18(23-28-21-13-16(25)14-27-24(21)29-23)15-7-9-17(10-8-15)30-22-11-12-26-20-6-4-3-5-19(20)22/h3-6,11-15,17-18H,2,7-10H2,1H3,(H,27,28,29). The Bertz CT molecular complexity index is 1160. The number of para-hydroxylation sites is 1. The Balaban J connectivity index is 1.28. The lowest BCUT2D eigenvalue weighted by Crippen LogP contribution is -2.27. The van der Waals surface area contributed by atoms with Crippen molar-refractivity contribution >= 4 is 33.7 Å². The number of fused-ring (bicyclic) bond motifs is 2. The first kappa shape index (κ1) is 19.3. The van der Waals surface area contributed by atoms with Crippen LogP contribution >= 0.6 is 11.6 Å². The summed E-state index contributed by atoms with van der Waals surface area (Å²) in [6.07, 6.45) is 9.18. The smallest absolute Gasteiger partial charge is 0.177 e. The Morgan fingerprint density at radius 3 is 2.80 bits per heavy atom. The Hall–Kier alpha value is -2.66. The van der Waals surface area contributed by atoms with Gasteiger partial charge in [0.15, 0.2) is 5.65 Å². The summed E-state index contributed by atoms with van der Waals surface area (Å²) >= 11 is 6.08. The van der Waals surface area contributed by atoms with Crippen LogP contribution in [0.25, 0.3) is 22.1 Å². The predicted octanol–water partition coefficient (Wildman–Crippen LogP) is 6.29. The lowest BCUT2D eigenvalue weighted by atomic mass is 9.77. The van der Waals surface area contributed by atoms with Crippen molar-refractivity contribution in [3.63, 3.8) is 0 Å². The van der Waals surface area contributed by atoms with Crippen LogP contribution in [0.4, 0.5) is 0 Å². The number of halogens is 1. The normalized spacial score (nSPS) is 20.5.